The first-order valence-corrected chi connectivity index (χ1v) is 8.98. The number of amides is 1. The molecule has 26 heavy (non-hydrogen) atoms. The van der Waals surface area contributed by atoms with Gasteiger partial charge in [-0.1, -0.05) is 6.07 Å². The van der Waals surface area contributed by atoms with Crippen molar-refractivity contribution < 1.29 is 17.9 Å². The van der Waals surface area contributed by atoms with E-state index in [0.29, 0.717) is 11.1 Å². The number of nitrogens with one attached hydrogen (secondary N) is 1. The van der Waals surface area contributed by atoms with Crippen LogP contribution in [-0.2, 0) is 14.6 Å². The topological polar surface area (TPSA) is 109 Å². The molecule has 0 radical (unpaired) electrons. The van der Waals surface area contributed by atoms with E-state index in [4.69, 9.17) is 4.74 Å². The van der Waals surface area contributed by atoms with Crippen LogP contribution < -0.4 is 10.1 Å². The fourth-order valence-electron chi connectivity index (χ4n) is 2.42. The van der Waals surface area contributed by atoms with Gasteiger partial charge in [0.05, 0.1) is 12.0 Å². The molecule has 0 spiro atoms. The molecule has 2 heterocycles. The van der Waals surface area contributed by atoms with E-state index < -0.39 is 15.7 Å². The normalized spacial score (nSPS) is 14.4. The molecule has 0 saturated carbocycles. The molecule has 0 saturated heterocycles. The quantitative estimate of drug-likeness (QED) is 0.656. The van der Waals surface area contributed by atoms with Crippen molar-refractivity contribution in [3.05, 3.63) is 58.6 Å². The van der Waals surface area contributed by atoms with Crippen LogP contribution in [0.25, 0.3) is 12.2 Å². The molecule has 0 aliphatic carbocycles. The van der Waals surface area contributed by atoms with Crippen LogP contribution in [0.4, 0.5) is 5.69 Å². The van der Waals surface area contributed by atoms with Crippen LogP contribution in [-0.4, -0.2) is 26.4 Å². The van der Waals surface area contributed by atoms with Crippen molar-refractivity contribution in [3.63, 3.8) is 0 Å². The zero-order chi connectivity index (χ0) is 18.7. The minimum absolute atomic E-state index is 0.117. The van der Waals surface area contributed by atoms with Gasteiger partial charge in [-0.2, -0.15) is 5.26 Å². The number of carbonyl (C=O) groups is 1. The minimum atomic E-state index is -3.48. The number of nitrogens with zero attached hydrogens (tertiary/aromatic N) is 2. The molecule has 2 aromatic rings. The molecule has 3 rings (SSSR count). The van der Waals surface area contributed by atoms with Crippen molar-refractivity contribution in [1.82, 2.24) is 4.98 Å². The number of ether oxygens (including phenoxy) is 1. The molecule has 7 nitrogen and oxygen atoms in total. The number of sulfone groups is 1. The monoisotopic (exact) mass is 367 g/mol. The smallest absolute Gasteiger partial charge is 0.266 e. The Morgan fingerprint density at radius 2 is 2.15 bits per heavy atom. The third-order valence-electron chi connectivity index (χ3n) is 3.66. The molecule has 130 valence electrons. The molecule has 1 N–H and O–H groups in total. The Bertz CT molecular complexity index is 1100. The number of nitriles is 1. The predicted molar refractivity (Wildman–Crippen MR) is 95.7 cm³/mol. The number of methoxy groups -OCH3 is 1. The summed E-state index contributed by atoms with van der Waals surface area (Å²) in [6.45, 7) is 0. The third-order valence-corrected chi connectivity index (χ3v) is 5.12. The zero-order valence-corrected chi connectivity index (χ0v) is 14.4. The highest BCUT2D eigenvalue weighted by Gasteiger charge is 2.21. The summed E-state index contributed by atoms with van der Waals surface area (Å²) in [5.41, 5.74) is 1.14. The van der Waals surface area contributed by atoms with Crippen LogP contribution in [0.2, 0.25) is 0 Å². The Kier molecular flexibility index (Phi) is 4.56. The molecule has 1 aromatic carbocycles. The maximum absolute atomic E-state index is 12.4. The fraction of sp³-hybridized carbons (Fsp3) is 0.0556. The lowest BCUT2D eigenvalue weighted by atomic mass is 10.1. The summed E-state index contributed by atoms with van der Waals surface area (Å²) in [5, 5.41) is 12.9. The Labute approximate surface area is 150 Å². The molecule has 1 aliphatic heterocycles. The summed E-state index contributed by atoms with van der Waals surface area (Å²) in [6, 6.07) is 9.66. The highest BCUT2D eigenvalue weighted by Crippen LogP contribution is 2.29. The van der Waals surface area contributed by atoms with Gasteiger partial charge in [0.1, 0.15) is 11.6 Å². The average molecular weight is 367 g/mol. The van der Waals surface area contributed by atoms with E-state index in [-0.39, 0.29) is 22.0 Å². The molecule has 0 fully saturated rings. The number of aromatic nitrogens is 1. The first-order valence-electron chi connectivity index (χ1n) is 7.44. The van der Waals surface area contributed by atoms with E-state index in [9.17, 15) is 18.5 Å². The highest BCUT2D eigenvalue weighted by molar-refractivity contribution is 7.94. The predicted octanol–water partition coefficient (Wildman–Crippen LogP) is 2.39. The number of hydrogen-bond donors (Lipinski definition) is 1. The summed E-state index contributed by atoms with van der Waals surface area (Å²) < 4.78 is 28.9. The lowest BCUT2D eigenvalue weighted by Gasteiger charge is -2.07. The van der Waals surface area contributed by atoms with Gasteiger partial charge in [-0.05, 0) is 42.0 Å². The van der Waals surface area contributed by atoms with E-state index in [2.05, 4.69) is 10.3 Å². The van der Waals surface area contributed by atoms with Gasteiger partial charge in [-0.15, -0.1) is 0 Å². The summed E-state index contributed by atoms with van der Waals surface area (Å²) in [7, 11) is -2.05. The molecule has 0 unspecified atom stereocenters. The standard InChI is InChI=1S/C18H13N3O4S/c1-25-18-13(3-2-7-20-18)9-14(11-19)17(22)21-15-5-4-12-6-8-26(23,24)16(12)10-15/h2-10H,1H3,(H,21,22)/b14-9+. The van der Waals surface area contributed by atoms with Crippen molar-refractivity contribution in [2.75, 3.05) is 12.4 Å². The van der Waals surface area contributed by atoms with Crippen molar-refractivity contribution in [2.45, 2.75) is 4.90 Å². The zero-order valence-electron chi connectivity index (χ0n) is 13.6. The molecule has 1 aromatic heterocycles. The van der Waals surface area contributed by atoms with E-state index in [0.717, 1.165) is 5.41 Å². The number of fused-ring (bicyclic) bond motifs is 1. The molecular weight excluding hydrogens is 354 g/mol. The number of rotatable bonds is 4. The van der Waals surface area contributed by atoms with Crippen LogP contribution in [0.5, 0.6) is 5.88 Å². The van der Waals surface area contributed by atoms with Crippen LogP contribution in [0, 0.1) is 11.3 Å². The minimum Gasteiger partial charge on any atom is -0.481 e. The average Bonchev–Trinajstić information content (AvgIpc) is 2.94. The molecule has 0 bridgehead atoms. The van der Waals surface area contributed by atoms with Crippen LogP contribution in [0.15, 0.2) is 52.4 Å². The lowest BCUT2D eigenvalue weighted by molar-refractivity contribution is -0.112. The van der Waals surface area contributed by atoms with E-state index in [1.807, 2.05) is 6.07 Å². The molecule has 0 atom stereocenters. The van der Waals surface area contributed by atoms with Crippen LogP contribution in [0.1, 0.15) is 11.1 Å². The van der Waals surface area contributed by atoms with Crippen LogP contribution in [0.3, 0.4) is 0 Å². The summed E-state index contributed by atoms with van der Waals surface area (Å²) in [4.78, 5) is 16.5. The van der Waals surface area contributed by atoms with Gasteiger partial charge in [0, 0.05) is 22.9 Å². The lowest BCUT2D eigenvalue weighted by Crippen LogP contribution is -2.14. The summed E-state index contributed by atoms with van der Waals surface area (Å²) >= 11 is 0. The number of benzene rings is 1. The first kappa shape index (κ1) is 17.4. The number of anilines is 1. The molecule has 8 heteroatoms. The SMILES string of the molecule is COc1ncccc1/C=C(\C#N)C(=O)Nc1ccc2c(c1)S(=O)(=O)C=C2. The van der Waals surface area contributed by atoms with Gasteiger partial charge in [0.25, 0.3) is 5.91 Å². The summed E-state index contributed by atoms with van der Waals surface area (Å²) in [6.07, 6.45) is 4.37. The number of hydrogen-bond acceptors (Lipinski definition) is 6. The van der Waals surface area contributed by atoms with E-state index in [1.54, 1.807) is 24.3 Å². The van der Waals surface area contributed by atoms with Gasteiger partial charge in [-0.3, -0.25) is 4.79 Å². The van der Waals surface area contributed by atoms with Crippen molar-refractivity contribution in [1.29, 1.82) is 5.26 Å². The third kappa shape index (κ3) is 3.34. The van der Waals surface area contributed by atoms with Gasteiger partial charge >= 0.3 is 0 Å². The van der Waals surface area contributed by atoms with Crippen molar-refractivity contribution >= 4 is 33.6 Å². The van der Waals surface area contributed by atoms with Gasteiger partial charge < -0.3 is 10.1 Å². The second kappa shape index (κ2) is 6.82. The number of pyridine rings is 1. The Morgan fingerprint density at radius 3 is 2.88 bits per heavy atom. The molecule has 1 amide bonds. The second-order valence-electron chi connectivity index (χ2n) is 5.33. The van der Waals surface area contributed by atoms with Gasteiger partial charge in [0.2, 0.25) is 15.7 Å². The largest absolute Gasteiger partial charge is 0.481 e. The summed E-state index contributed by atoms with van der Waals surface area (Å²) in [5.74, 6) is -0.385. The number of carbonyl (C=O) groups excluding carboxylic acids is 1. The Morgan fingerprint density at radius 1 is 1.35 bits per heavy atom. The molecular formula is C18H13N3O4S. The maximum Gasteiger partial charge on any atom is 0.266 e. The maximum atomic E-state index is 12.4. The fourth-order valence-corrected chi connectivity index (χ4v) is 3.65. The van der Waals surface area contributed by atoms with Crippen LogP contribution >= 0.6 is 0 Å². The second-order valence-corrected chi connectivity index (χ2v) is 7.13. The van der Waals surface area contributed by atoms with E-state index >= 15 is 0 Å². The Balaban J connectivity index is 1.88. The van der Waals surface area contributed by atoms with Gasteiger partial charge in [-0.25, -0.2) is 13.4 Å². The highest BCUT2D eigenvalue weighted by atomic mass is 32.2. The Hall–Kier alpha value is -3.44. The van der Waals surface area contributed by atoms with Gasteiger partial charge in [0.15, 0.2) is 0 Å². The van der Waals surface area contributed by atoms with E-state index in [1.165, 1.54) is 31.5 Å². The first-order chi connectivity index (χ1) is 12.4. The van der Waals surface area contributed by atoms with Crippen molar-refractivity contribution in [3.8, 4) is 11.9 Å². The molecule has 1 aliphatic rings. The van der Waals surface area contributed by atoms with Crippen molar-refractivity contribution in [2.24, 2.45) is 0 Å².